The van der Waals surface area contributed by atoms with E-state index in [0.717, 1.165) is 76.6 Å². The molecule has 8 nitrogen and oxygen atoms in total. The van der Waals surface area contributed by atoms with Crippen LogP contribution in [-0.2, 0) is 16.0 Å². The fraction of sp³-hybridized carbons (Fsp3) is 0.710. The fourth-order valence-corrected chi connectivity index (χ4v) is 7.92. The molecule has 0 bridgehead atoms. The lowest BCUT2D eigenvalue weighted by Crippen LogP contribution is -2.50. The quantitative estimate of drug-likeness (QED) is 0.178. The van der Waals surface area contributed by atoms with E-state index in [9.17, 15) is 14.4 Å². The smallest absolute Gasteiger partial charge is 0.315 e. The Kier molecular flexibility index (Phi) is 12.0. The van der Waals surface area contributed by atoms with E-state index in [0.29, 0.717) is 24.1 Å². The van der Waals surface area contributed by atoms with Crippen molar-refractivity contribution in [2.75, 3.05) is 25.4 Å². The normalized spacial score (nSPS) is 24.9. The van der Waals surface area contributed by atoms with Crippen molar-refractivity contribution in [1.82, 2.24) is 26.2 Å². The third-order valence-corrected chi connectivity index (χ3v) is 9.87. The molecule has 0 saturated carbocycles. The van der Waals surface area contributed by atoms with E-state index in [1.54, 1.807) is 0 Å². The predicted molar refractivity (Wildman–Crippen MR) is 162 cm³/mol. The van der Waals surface area contributed by atoms with E-state index in [1.165, 1.54) is 5.56 Å². The molecular weight excluding hydrogens is 522 g/mol. The summed E-state index contributed by atoms with van der Waals surface area (Å²) in [6, 6.07) is 10.9. The molecule has 1 aromatic carbocycles. The summed E-state index contributed by atoms with van der Waals surface area (Å²) >= 11 is 1.92. The van der Waals surface area contributed by atoms with Crippen LogP contribution in [0.2, 0.25) is 0 Å². The topological polar surface area (TPSA) is 103 Å². The molecule has 222 valence electrons. The van der Waals surface area contributed by atoms with E-state index in [2.05, 4.69) is 64.3 Å². The van der Waals surface area contributed by atoms with Crippen LogP contribution in [0, 0.1) is 5.92 Å². The van der Waals surface area contributed by atoms with Crippen molar-refractivity contribution in [2.24, 2.45) is 5.92 Å². The minimum Gasteiger partial charge on any atom is -0.355 e. The fourth-order valence-electron chi connectivity index (χ4n) is 6.37. The van der Waals surface area contributed by atoms with E-state index in [4.69, 9.17) is 0 Å². The van der Waals surface area contributed by atoms with Crippen LogP contribution in [0.1, 0.15) is 77.2 Å². The minimum absolute atomic E-state index is 0.0487. The Hall–Kier alpha value is -2.26. The second-order valence-electron chi connectivity index (χ2n) is 12.1. The average Bonchev–Trinajstić information content (AvgIpc) is 3.63. The Balaban J connectivity index is 1.14. The van der Waals surface area contributed by atoms with Crippen molar-refractivity contribution < 1.29 is 14.4 Å². The zero-order valence-corrected chi connectivity index (χ0v) is 25.1. The number of aryl methyl sites for hydroxylation is 1. The molecule has 3 fully saturated rings. The van der Waals surface area contributed by atoms with Crippen LogP contribution in [0.15, 0.2) is 30.3 Å². The van der Waals surface area contributed by atoms with Gasteiger partial charge in [0.1, 0.15) is 0 Å². The Morgan fingerprint density at radius 1 is 1.10 bits per heavy atom. The number of unbranched alkanes of at least 4 members (excludes halogenated alkanes) is 2. The molecule has 3 heterocycles. The molecule has 5 atom stereocenters. The number of likely N-dealkylation sites (tertiary alicyclic amines) is 1. The molecule has 0 spiro atoms. The summed E-state index contributed by atoms with van der Waals surface area (Å²) in [7, 11) is 0. The third kappa shape index (κ3) is 9.40. The van der Waals surface area contributed by atoms with Gasteiger partial charge in [-0.25, -0.2) is 4.79 Å². The number of urea groups is 1. The summed E-state index contributed by atoms with van der Waals surface area (Å²) in [6.45, 7) is 6.72. The molecule has 4 rings (SSSR count). The van der Waals surface area contributed by atoms with Gasteiger partial charge < -0.3 is 21.3 Å². The van der Waals surface area contributed by atoms with Crippen LogP contribution < -0.4 is 21.3 Å². The van der Waals surface area contributed by atoms with Crippen LogP contribution in [0.3, 0.4) is 0 Å². The summed E-state index contributed by atoms with van der Waals surface area (Å²) in [4.78, 5) is 39.8. The molecule has 0 aromatic heterocycles. The highest BCUT2D eigenvalue weighted by atomic mass is 32.2. The highest BCUT2D eigenvalue weighted by Gasteiger charge is 2.42. The van der Waals surface area contributed by atoms with Crippen molar-refractivity contribution in [2.45, 2.75) is 107 Å². The van der Waals surface area contributed by atoms with Gasteiger partial charge in [-0.15, -0.1) is 0 Å². The van der Waals surface area contributed by atoms with Gasteiger partial charge in [-0.05, 0) is 69.4 Å². The second kappa shape index (κ2) is 15.7. The number of thioether (sulfide) groups is 1. The maximum Gasteiger partial charge on any atom is 0.315 e. The molecule has 1 aromatic rings. The van der Waals surface area contributed by atoms with Gasteiger partial charge in [-0.3, -0.25) is 14.5 Å². The number of nitrogens with zero attached hydrogens (tertiary/aromatic N) is 1. The Morgan fingerprint density at radius 3 is 2.73 bits per heavy atom. The lowest BCUT2D eigenvalue weighted by molar-refractivity contribution is -0.125. The first-order chi connectivity index (χ1) is 19.4. The van der Waals surface area contributed by atoms with Gasteiger partial charge in [0.2, 0.25) is 11.8 Å². The number of benzene rings is 1. The highest BCUT2D eigenvalue weighted by molar-refractivity contribution is 8.00. The molecule has 0 aliphatic carbocycles. The third-order valence-electron chi connectivity index (χ3n) is 8.36. The van der Waals surface area contributed by atoms with E-state index in [1.807, 2.05) is 17.8 Å². The zero-order chi connectivity index (χ0) is 28.3. The largest absolute Gasteiger partial charge is 0.355 e. The number of amides is 4. The van der Waals surface area contributed by atoms with E-state index >= 15 is 0 Å². The number of nitrogens with one attached hydrogen (secondary N) is 4. The average molecular weight is 572 g/mol. The Labute approximate surface area is 244 Å². The van der Waals surface area contributed by atoms with Gasteiger partial charge in [0.25, 0.3) is 0 Å². The monoisotopic (exact) mass is 571 g/mol. The minimum atomic E-state index is -0.0982. The van der Waals surface area contributed by atoms with Gasteiger partial charge in [-0.1, -0.05) is 50.6 Å². The number of carbonyl (C=O) groups excluding carboxylic acids is 3. The number of rotatable bonds is 16. The lowest BCUT2D eigenvalue weighted by atomic mass is 10.0. The molecule has 3 unspecified atom stereocenters. The number of hydrogen-bond donors (Lipinski definition) is 4. The molecule has 3 saturated heterocycles. The number of fused-ring (bicyclic) bond motifs is 1. The SMILES string of the molecule is CC(C)C[C@H](CN1CCC[C@H]1C(=O)NCCCCc1ccccc1)NC(=O)CCCCC1SCC2NC(=O)NC21. The van der Waals surface area contributed by atoms with Crippen LogP contribution in [0.4, 0.5) is 4.79 Å². The van der Waals surface area contributed by atoms with Crippen LogP contribution in [0.25, 0.3) is 0 Å². The molecule has 4 N–H and O–H groups in total. The van der Waals surface area contributed by atoms with Gasteiger partial charge in [0.15, 0.2) is 0 Å². The van der Waals surface area contributed by atoms with Crippen molar-refractivity contribution >= 4 is 29.6 Å². The standard InChI is InChI=1S/C31H49N5O3S/c1-22(2)19-24(33-28(37)16-7-6-15-27-29-25(21-40-27)34-31(39)35-29)20-36-18-10-14-26(36)30(38)32-17-9-8-13-23-11-4-3-5-12-23/h3-5,11-12,22,24-27,29H,6-10,13-21H2,1-2H3,(H,32,38)(H,33,37)(H2,34,35,39)/t24-,25?,26+,27?,29?/m1/s1. The molecule has 4 amide bonds. The Bertz CT molecular complexity index is 962. The predicted octanol–water partition coefficient (Wildman–Crippen LogP) is 3.85. The summed E-state index contributed by atoms with van der Waals surface area (Å²) in [5.41, 5.74) is 1.34. The van der Waals surface area contributed by atoms with Gasteiger partial charge in [-0.2, -0.15) is 11.8 Å². The second-order valence-corrected chi connectivity index (χ2v) is 13.4. The van der Waals surface area contributed by atoms with Crippen LogP contribution in [-0.4, -0.2) is 77.5 Å². The first-order valence-corrected chi connectivity index (χ1v) is 16.5. The van der Waals surface area contributed by atoms with Crippen molar-refractivity contribution in [1.29, 1.82) is 0 Å². The summed E-state index contributed by atoms with van der Waals surface area (Å²) < 4.78 is 0. The molecule has 3 aliphatic heterocycles. The summed E-state index contributed by atoms with van der Waals surface area (Å²) in [6.07, 6.45) is 9.28. The van der Waals surface area contributed by atoms with Gasteiger partial charge >= 0.3 is 6.03 Å². The van der Waals surface area contributed by atoms with E-state index in [-0.39, 0.29) is 42.0 Å². The number of carbonyl (C=O) groups is 3. The van der Waals surface area contributed by atoms with Crippen molar-refractivity contribution in [3.8, 4) is 0 Å². The van der Waals surface area contributed by atoms with Gasteiger partial charge in [0, 0.05) is 36.6 Å². The maximum atomic E-state index is 13.0. The molecule has 3 aliphatic rings. The first kappa shape index (κ1) is 30.7. The van der Waals surface area contributed by atoms with Crippen LogP contribution in [0.5, 0.6) is 0 Å². The first-order valence-electron chi connectivity index (χ1n) is 15.4. The highest BCUT2D eigenvalue weighted by Crippen LogP contribution is 2.33. The summed E-state index contributed by atoms with van der Waals surface area (Å²) in [5, 5.41) is 12.9. The van der Waals surface area contributed by atoms with Crippen molar-refractivity contribution in [3.05, 3.63) is 35.9 Å². The zero-order valence-electron chi connectivity index (χ0n) is 24.3. The maximum absolute atomic E-state index is 13.0. The van der Waals surface area contributed by atoms with Gasteiger partial charge in [0.05, 0.1) is 18.1 Å². The number of hydrogen-bond acceptors (Lipinski definition) is 5. The molecule has 9 heteroatoms. The Morgan fingerprint density at radius 2 is 1.93 bits per heavy atom. The molecular formula is C31H49N5O3S. The van der Waals surface area contributed by atoms with E-state index < -0.39 is 0 Å². The summed E-state index contributed by atoms with van der Waals surface area (Å²) in [5.74, 6) is 1.67. The van der Waals surface area contributed by atoms with Crippen LogP contribution >= 0.6 is 11.8 Å². The molecule has 40 heavy (non-hydrogen) atoms. The molecule has 0 radical (unpaired) electrons. The lowest BCUT2D eigenvalue weighted by Gasteiger charge is -2.30. The van der Waals surface area contributed by atoms with Crippen molar-refractivity contribution in [3.63, 3.8) is 0 Å².